The smallest absolute Gasteiger partial charge is 0.136 e. The molecular weight excluding hydrogens is 837 g/mol. The van der Waals surface area contributed by atoms with Gasteiger partial charge in [-0.25, -0.2) is 0 Å². The average Bonchev–Trinajstić information content (AvgIpc) is 3.98. The van der Waals surface area contributed by atoms with Crippen LogP contribution in [0.3, 0.4) is 0 Å². The molecule has 0 fully saturated rings. The highest BCUT2D eigenvalue weighted by Gasteiger charge is 2.20. The van der Waals surface area contributed by atoms with E-state index in [2.05, 4.69) is 264 Å². The molecule has 13 aromatic rings. The number of hydrogen-bond donors (Lipinski definition) is 0. The molecule has 3 nitrogen and oxygen atoms in total. The Balaban J connectivity index is 0.854. The molecule has 0 radical (unpaired) electrons. The van der Waals surface area contributed by atoms with Gasteiger partial charge in [0.2, 0.25) is 0 Å². The van der Waals surface area contributed by atoms with Gasteiger partial charge >= 0.3 is 0 Å². The van der Waals surface area contributed by atoms with Crippen molar-refractivity contribution in [2.45, 2.75) is 0 Å². The minimum atomic E-state index is 0.886. The second-order valence-electron chi connectivity index (χ2n) is 17.7. The fraction of sp³-hybridized carbons (Fsp3) is 0. The summed E-state index contributed by atoms with van der Waals surface area (Å²) in [6.07, 6.45) is 0. The number of hydrogen-bond acceptors (Lipinski definition) is 2. The molecule has 0 aliphatic heterocycles. The first-order chi connectivity index (χ1) is 34.2. The van der Waals surface area contributed by atoms with Crippen molar-refractivity contribution in [3.63, 3.8) is 0 Å². The van der Waals surface area contributed by atoms with Crippen LogP contribution < -0.4 is 4.90 Å². The van der Waals surface area contributed by atoms with Crippen LogP contribution in [0.5, 0.6) is 0 Å². The molecule has 13 rings (SSSR count). The van der Waals surface area contributed by atoms with Gasteiger partial charge in [0.25, 0.3) is 0 Å². The molecule has 2 heterocycles. The largest absolute Gasteiger partial charge is 0.456 e. The molecule has 0 bridgehead atoms. The molecule has 69 heavy (non-hydrogen) atoms. The van der Waals surface area contributed by atoms with Crippen LogP contribution in [0.15, 0.2) is 271 Å². The molecule has 0 saturated heterocycles. The number of para-hydroxylation sites is 4. The first-order valence-electron chi connectivity index (χ1n) is 23.6. The van der Waals surface area contributed by atoms with Crippen molar-refractivity contribution in [1.29, 1.82) is 0 Å². The molecule has 0 amide bonds. The van der Waals surface area contributed by atoms with E-state index >= 15 is 0 Å². The molecule has 324 valence electrons. The third-order valence-electron chi connectivity index (χ3n) is 13.6. The topological polar surface area (TPSA) is 21.3 Å². The van der Waals surface area contributed by atoms with Crippen LogP contribution in [0.25, 0.3) is 105 Å². The molecular formula is C66H44N2O. The quantitative estimate of drug-likeness (QED) is 0.144. The second-order valence-corrected chi connectivity index (χ2v) is 17.7. The summed E-state index contributed by atoms with van der Waals surface area (Å²) in [6.45, 7) is 0. The van der Waals surface area contributed by atoms with E-state index in [1.165, 1.54) is 49.6 Å². The molecule has 0 saturated carbocycles. The Hall–Kier alpha value is -9.18. The van der Waals surface area contributed by atoms with Gasteiger partial charge in [-0.05, 0) is 117 Å². The Morgan fingerprint density at radius 1 is 0.290 bits per heavy atom. The minimum absolute atomic E-state index is 0.886. The number of benzene rings is 11. The van der Waals surface area contributed by atoms with Crippen molar-refractivity contribution in [3.8, 4) is 61.3 Å². The second kappa shape index (κ2) is 16.9. The summed E-state index contributed by atoms with van der Waals surface area (Å²) in [6, 6.07) is 96.0. The van der Waals surface area contributed by atoms with Gasteiger partial charge in [0.1, 0.15) is 11.2 Å². The molecule has 0 atom stereocenters. The van der Waals surface area contributed by atoms with Gasteiger partial charge in [-0.15, -0.1) is 0 Å². The normalized spacial score (nSPS) is 11.5. The Morgan fingerprint density at radius 2 is 0.754 bits per heavy atom. The van der Waals surface area contributed by atoms with E-state index in [-0.39, 0.29) is 0 Å². The number of anilines is 3. The average molecular weight is 881 g/mol. The van der Waals surface area contributed by atoms with Crippen LogP contribution in [0.1, 0.15) is 0 Å². The summed E-state index contributed by atoms with van der Waals surface area (Å²) in [5.74, 6) is 0. The highest BCUT2D eigenvalue weighted by atomic mass is 16.3. The molecule has 0 unspecified atom stereocenters. The van der Waals surface area contributed by atoms with Gasteiger partial charge in [0.15, 0.2) is 0 Å². The van der Waals surface area contributed by atoms with Crippen molar-refractivity contribution in [1.82, 2.24) is 4.57 Å². The van der Waals surface area contributed by atoms with Crippen LogP contribution in [0.4, 0.5) is 17.1 Å². The lowest BCUT2D eigenvalue weighted by molar-refractivity contribution is 0.669. The maximum absolute atomic E-state index is 6.34. The Labute approximate surface area is 401 Å². The van der Waals surface area contributed by atoms with Crippen molar-refractivity contribution in [2.75, 3.05) is 4.90 Å². The minimum Gasteiger partial charge on any atom is -0.456 e. The molecule has 0 aliphatic carbocycles. The standard InChI is InChI=1S/C66H44N2O/c1-2-14-45(15-3-1)46-32-34-51(35-33-46)56-18-4-8-23-61(56)67(55-17-12-16-52(44-55)57-22-13-27-65-66(57)60-21-7-11-26-64(60)69-65)53-40-36-49(37-41-53)47-28-30-48(31-29-47)50-38-42-54(43-39-50)68-62-24-9-5-19-58(62)59-20-6-10-25-63(59)68/h1-44H. The summed E-state index contributed by atoms with van der Waals surface area (Å²) in [7, 11) is 0. The van der Waals surface area contributed by atoms with Crippen LogP contribution in [0.2, 0.25) is 0 Å². The van der Waals surface area contributed by atoms with Crippen LogP contribution in [-0.2, 0) is 0 Å². The zero-order chi connectivity index (χ0) is 45.7. The van der Waals surface area contributed by atoms with Gasteiger partial charge in [-0.1, -0.05) is 200 Å². The first kappa shape index (κ1) is 40.1. The van der Waals surface area contributed by atoms with Crippen molar-refractivity contribution >= 4 is 60.8 Å². The predicted molar refractivity (Wildman–Crippen MR) is 290 cm³/mol. The van der Waals surface area contributed by atoms with E-state index in [1.807, 2.05) is 12.1 Å². The van der Waals surface area contributed by atoms with Crippen molar-refractivity contribution in [3.05, 3.63) is 267 Å². The van der Waals surface area contributed by atoms with Crippen LogP contribution in [0, 0.1) is 0 Å². The van der Waals surface area contributed by atoms with Crippen LogP contribution >= 0.6 is 0 Å². The van der Waals surface area contributed by atoms with Gasteiger partial charge in [0, 0.05) is 44.2 Å². The zero-order valence-electron chi connectivity index (χ0n) is 37.7. The summed E-state index contributed by atoms with van der Waals surface area (Å²) in [5, 5.41) is 4.78. The molecule has 3 heteroatoms. The number of rotatable bonds is 9. The summed E-state index contributed by atoms with van der Waals surface area (Å²) < 4.78 is 8.70. The number of furan rings is 1. The van der Waals surface area contributed by atoms with Crippen LogP contribution in [-0.4, -0.2) is 4.57 Å². The Kier molecular flexibility index (Phi) is 9.84. The van der Waals surface area contributed by atoms with E-state index in [0.717, 1.165) is 72.5 Å². The maximum atomic E-state index is 6.34. The summed E-state index contributed by atoms with van der Waals surface area (Å²) in [4.78, 5) is 2.40. The summed E-state index contributed by atoms with van der Waals surface area (Å²) >= 11 is 0. The fourth-order valence-electron chi connectivity index (χ4n) is 10.3. The number of fused-ring (bicyclic) bond motifs is 6. The van der Waals surface area contributed by atoms with E-state index in [0.29, 0.717) is 0 Å². The van der Waals surface area contributed by atoms with Gasteiger partial charge in [-0.2, -0.15) is 0 Å². The summed E-state index contributed by atoms with van der Waals surface area (Å²) in [5.41, 5.74) is 20.2. The highest BCUT2D eigenvalue weighted by molar-refractivity contribution is 6.13. The molecule has 2 aromatic heterocycles. The SMILES string of the molecule is c1ccc(-c2ccc(-c3ccccc3N(c3ccc(-c4ccc(-c5ccc(-n6c7ccccc7c7ccccc76)cc5)cc4)cc3)c3cccc(-c4cccc5oc6ccccc6c45)c3)cc2)cc1. The van der Waals surface area contributed by atoms with Gasteiger partial charge in [0.05, 0.1) is 16.7 Å². The third-order valence-corrected chi connectivity index (χ3v) is 13.6. The van der Waals surface area contributed by atoms with E-state index in [1.54, 1.807) is 0 Å². The lowest BCUT2D eigenvalue weighted by Crippen LogP contribution is -2.11. The lowest BCUT2D eigenvalue weighted by Gasteiger charge is -2.28. The fourth-order valence-corrected chi connectivity index (χ4v) is 10.3. The number of nitrogens with zero attached hydrogens (tertiary/aromatic N) is 2. The van der Waals surface area contributed by atoms with Crippen molar-refractivity contribution in [2.24, 2.45) is 0 Å². The Bertz CT molecular complexity index is 3920. The van der Waals surface area contributed by atoms with E-state index in [9.17, 15) is 0 Å². The molecule has 0 aliphatic rings. The molecule has 0 spiro atoms. The monoisotopic (exact) mass is 880 g/mol. The third kappa shape index (κ3) is 7.16. The Morgan fingerprint density at radius 3 is 1.42 bits per heavy atom. The highest BCUT2D eigenvalue weighted by Crippen LogP contribution is 2.44. The lowest BCUT2D eigenvalue weighted by atomic mass is 9.97. The van der Waals surface area contributed by atoms with Gasteiger partial charge < -0.3 is 13.9 Å². The predicted octanol–water partition coefficient (Wildman–Crippen LogP) is 18.5. The first-order valence-corrected chi connectivity index (χ1v) is 23.6. The molecule has 11 aromatic carbocycles. The maximum Gasteiger partial charge on any atom is 0.136 e. The van der Waals surface area contributed by atoms with E-state index < -0.39 is 0 Å². The van der Waals surface area contributed by atoms with Gasteiger partial charge in [-0.3, -0.25) is 0 Å². The zero-order valence-corrected chi connectivity index (χ0v) is 37.7. The van der Waals surface area contributed by atoms with Crippen molar-refractivity contribution < 1.29 is 4.42 Å². The molecule has 0 N–H and O–H groups in total. The van der Waals surface area contributed by atoms with E-state index in [4.69, 9.17) is 4.42 Å². The number of aromatic nitrogens is 1.